The summed E-state index contributed by atoms with van der Waals surface area (Å²) in [6.45, 7) is 2.89. The topological polar surface area (TPSA) is 50.4 Å². The first-order valence-corrected chi connectivity index (χ1v) is 6.98. The maximum absolute atomic E-state index is 11.2. The maximum atomic E-state index is 11.2. The smallest absolute Gasteiger partial charge is 0.411 e. The minimum atomic E-state index is -0.470. The van der Waals surface area contributed by atoms with Crippen molar-refractivity contribution in [1.29, 1.82) is 0 Å². The molecule has 0 heterocycles. The molecule has 0 atom stereocenters. The van der Waals surface area contributed by atoms with Crippen LogP contribution in [0.3, 0.4) is 0 Å². The summed E-state index contributed by atoms with van der Waals surface area (Å²) in [7, 11) is 1.34. The van der Waals surface area contributed by atoms with Crippen molar-refractivity contribution in [2.75, 3.05) is 17.7 Å². The van der Waals surface area contributed by atoms with Gasteiger partial charge in [-0.05, 0) is 35.7 Å². The van der Waals surface area contributed by atoms with Crippen molar-refractivity contribution in [3.8, 4) is 0 Å². The number of hydrogen-bond donors (Lipinski definition) is 2. The number of carbonyl (C=O) groups excluding carboxylic acids is 1. The number of carbonyl (C=O) groups is 1. The Labute approximate surface area is 125 Å². The Bertz CT molecular complexity index is 594. The van der Waals surface area contributed by atoms with Crippen molar-refractivity contribution in [3.05, 3.63) is 59.7 Å². The van der Waals surface area contributed by atoms with E-state index in [4.69, 9.17) is 0 Å². The molecule has 1 amide bonds. The second-order valence-corrected chi connectivity index (χ2v) is 4.72. The van der Waals surface area contributed by atoms with Crippen molar-refractivity contribution >= 4 is 17.5 Å². The Morgan fingerprint density at radius 3 is 2.38 bits per heavy atom. The molecule has 0 unspecified atom stereocenters. The van der Waals surface area contributed by atoms with E-state index in [1.165, 1.54) is 18.2 Å². The number of nitrogens with one attached hydrogen (secondary N) is 2. The molecule has 2 aromatic carbocycles. The van der Waals surface area contributed by atoms with E-state index in [0.29, 0.717) is 5.69 Å². The number of aryl methyl sites for hydroxylation is 1. The minimum absolute atomic E-state index is 0.470. The molecule has 0 spiro atoms. The second-order valence-electron chi connectivity index (χ2n) is 4.72. The summed E-state index contributed by atoms with van der Waals surface area (Å²) in [6, 6.07) is 16.1. The van der Waals surface area contributed by atoms with Gasteiger partial charge in [-0.1, -0.05) is 37.3 Å². The number of rotatable bonds is 5. The van der Waals surface area contributed by atoms with Gasteiger partial charge in [0.05, 0.1) is 7.11 Å². The van der Waals surface area contributed by atoms with E-state index in [1.54, 1.807) is 0 Å². The summed E-state index contributed by atoms with van der Waals surface area (Å²) in [4.78, 5) is 11.2. The minimum Gasteiger partial charge on any atom is -0.453 e. The average molecular weight is 284 g/mol. The first kappa shape index (κ1) is 14.9. The predicted molar refractivity (Wildman–Crippen MR) is 85.6 cm³/mol. The molecule has 0 radical (unpaired) electrons. The van der Waals surface area contributed by atoms with Crippen LogP contribution < -0.4 is 10.6 Å². The van der Waals surface area contributed by atoms with Gasteiger partial charge in [0, 0.05) is 17.9 Å². The molecule has 0 aliphatic carbocycles. The van der Waals surface area contributed by atoms with Gasteiger partial charge in [0.2, 0.25) is 0 Å². The summed E-state index contributed by atoms with van der Waals surface area (Å²) in [5.74, 6) is 0. The molecule has 0 aromatic heterocycles. The van der Waals surface area contributed by atoms with Crippen molar-refractivity contribution in [1.82, 2.24) is 0 Å². The molecule has 2 N–H and O–H groups in total. The van der Waals surface area contributed by atoms with Gasteiger partial charge >= 0.3 is 6.09 Å². The van der Waals surface area contributed by atoms with Crippen LogP contribution in [0.1, 0.15) is 18.1 Å². The Balaban J connectivity index is 1.96. The summed E-state index contributed by atoms with van der Waals surface area (Å²) in [5, 5.41) is 5.98. The van der Waals surface area contributed by atoms with Gasteiger partial charge in [-0.15, -0.1) is 0 Å². The molecule has 0 saturated carbocycles. The van der Waals surface area contributed by atoms with Gasteiger partial charge in [0.15, 0.2) is 0 Å². The zero-order valence-corrected chi connectivity index (χ0v) is 12.3. The molecule has 2 aromatic rings. The van der Waals surface area contributed by atoms with Crippen LogP contribution in [0.25, 0.3) is 0 Å². The average Bonchev–Trinajstić information content (AvgIpc) is 2.53. The lowest BCUT2D eigenvalue weighted by atomic mass is 10.1. The fourth-order valence-corrected chi connectivity index (χ4v) is 1.97. The first-order chi connectivity index (χ1) is 10.2. The lowest BCUT2D eigenvalue weighted by molar-refractivity contribution is 0.187. The van der Waals surface area contributed by atoms with Gasteiger partial charge in [0.1, 0.15) is 0 Å². The second kappa shape index (κ2) is 7.33. The first-order valence-electron chi connectivity index (χ1n) is 6.98. The van der Waals surface area contributed by atoms with Crippen LogP contribution >= 0.6 is 0 Å². The SMILES string of the molecule is CCc1ccc(CNc2cccc(NC(=O)OC)c2)cc1. The van der Waals surface area contributed by atoms with Crippen LogP contribution in [-0.4, -0.2) is 13.2 Å². The summed E-state index contributed by atoms with van der Waals surface area (Å²) in [6.07, 6.45) is 0.580. The zero-order chi connectivity index (χ0) is 15.1. The standard InChI is InChI=1S/C17H20N2O2/c1-3-13-7-9-14(10-8-13)12-18-15-5-4-6-16(11-15)19-17(20)21-2/h4-11,18H,3,12H2,1-2H3,(H,19,20). The third kappa shape index (κ3) is 4.53. The van der Waals surface area contributed by atoms with Crippen LogP contribution in [0, 0.1) is 0 Å². The molecule has 110 valence electrons. The van der Waals surface area contributed by atoms with E-state index < -0.39 is 6.09 Å². The predicted octanol–water partition coefficient (Wildman–Crippen LogP) is 4.04. The van der Waals surface area contributed by atoms with E-state index in [9.17, 15) is 4.79 Å². The van der Waals surface area contributed by atoms with Crippen molar-refractivity contribution < 1.29 is 9.53 Å². The van der Waals surface area contributed by atoms with E-state index >= 15 is 0 Å². The Hall–Kier alpha value is -2.49. The van der Waals surface area contributed by atoms with E-state index in [-0.39, 0.29) is 0 Å². The lowest BCUT2D eigenvalue weighted by Gasteiger charge is -2.09. The third-order valence-electron chi connectivity index (χ3n) is 3.22. The van der Waals surface area contributed by atoms with Crippen LogP contribution in [-0.2, 0) is 17.7 Å². The summed E-state index contributed by atoms with van der Waals surface area (Å²) >= 11 is 0. The van der Waals surface area contributed by atoms with E-state index in [0.717, 1.165) is 18.7 Å². The van der Waals surface area contributed by atoms with Crippen molar-refractivity contribution in [2.24, 2.45) is 0 Å². The Morgan fingerprint density at radius 1 is 1.05 bits per heavy atom. The van der Waals surface area contributed by atoms with Crippen LogP contribution in [0.15, 0.2) is 48.5 Å². The number of benzene rings is 2. The molecular formula is C17H20N2O2. The Morgan fingerprint density at radius 2 is 1.71 bits per heavy atom. The highest BCUT2D eigenvalue weighted by Gasteiger charge is 2.01. The molecule has 0 aliphatic heterocycles. The number of hydrogen-bond acceptors (Lipinski definition) is 3. The fraction of sp³-hybridized carbons (Fsp3) is 0.235. The van der Waals surface area contributed by atoms with E-state index in [2.05, 4.69) is 46.6 Å². The van der Waals surface area contributed by atoms with Crippen LogP contribution in [0.5, 0.6) is 0 Å². The lowest BCUT2D eigenvalue weighted by Crippen LogP contribution is -2.11. The zero-order valence-electron chi connectivity index (χ0n) is 12.3. The van der Waals surface area contributed by atoms with Crippen molar-refractivity contribution in [3.63, 3.8) is 0 Å². The number of ether oxygens (including phenoxy) is 1. The number of amides is 1. The summed E-state index contributed by atoms with van der Waals surface area (Å²) in [5.41, 5.74) is 4.21. The number of anilines is 2. The van der Waals surface area contributed by atoms with Gasteiger partial charge in [-0.3, -0.25) is 5.32 Å². The van der Waals surface area contributed by atoms with Crippen LogP contribution in [0.4, 0.5) is 16.2 Å². The fourth-order valence-electron chi connectivity index (χ4n) is 1.97. The monoisotopic (exact) mass is 284 g/mol. The van der Waals surface area contributed by atoms with Crippen LogP contribution in [0.2, 0.25) is 0 Å². The highest BCUT2D eigenvalue weighted by atomic mass is 16.5. The quantitative estimate of drug-likeness (QED) is 0.871. The molecule has 4 nitrogen and oxygen atoms in total. The molecule has 0 fully saturated rings. The third-order valence-corrected chi connectivity index (χ3v) is 3.22. The highest BCUT2D eigenvalue weighted by molar-refractivity contribution is 5.85. The number of methoxy groups -OCH3 is 1. The van der Waals surface area contributed by atoms with Gasteiger partial charge in [-0.25, -0.2) is 4.79 Å². The molecule has 0 saturated heterocycles. The largest absolute Gasteiger partial charge is 0.453 e. The van der Waals surface area contributed by atoms with Gasteiger partial charge in [0.25, 0.3) is 0 Å². The van der Waals surface area contributed by atoms with Gasteiger partial charge in [-0.2, -0.15) is 0 Å². The molecule has 0 aliphatic rings. The Kier molecular flexibility index (Phi) is 5.21. The molecule has 0 bridgehead atoms. The normalized spacial score (nSPS) is 10.0. The maximum Gasteiger partial charge on any atom is 0.411 e. The molecule has 2 rings (SSSR count). The molecule has 4 heteroatoms. The van der Waals surface area contributed by atoms with E-state index in [1.807, 2.05) is 24.3 Å². The van der Waals surface area contributed by atoms with Gasteiger partial charge < -0.3 is 10.1 Å². The summed E-state index contributed by atoms with van der Waals surface area (Å²) < 4.78 is 4.57. The molecular weight excluding hydrogens is 264 g/mol. The van der Waals surface area contributed by atoms with Crippen molar-refractivity contribution in [2.45, 2.75) is 19.9 Å². The molecule has 21 heavy (non-hydrogen) atoms. The highest BCUT2D eigenvalue weighted by Crippen LogP contribution is 2.16.